The third-order valence-corrected chi connectivity index (χ3v) is 4.28. The molecule has 0 saturated heterocycles. The standard InChI is InChI=1S/C20H13ClN2O/c21-17-5-2-6-18-19(17)23-20(22-18)16-4-1-3-15(11-16)14-9-7-13(12-24)8-10-14/h1-12H,(H,22,23). The third-order valence-electron chi connectivity index (χ3n) is 3.98. The van der Waals surface area contributed by atoms with Gasteiger partial charge < -0.3 is 4.98 Å². The Morgan fingerprint density at radius 1 is 0.875 bits per heavy atom. The molecule has 1 heterocycles. The minimum atomic E-state index is 0.635. The number of nitrogens with one attached hydrogen (secondary N) is 1. The maximum Gasteiger partial charge on any atom is 0.150 e. The number of carbonyl (C=O) groups is 1. The van der Waals surface area contributed by atoms with Gasteiger partial charge in [0.15, 0.2) is 0 Å². The first-order chi connectivity index (χ1) is 11.7. The maximum atomic E-state index is 10.8. The highest BCUT2D eigenvalue weighted by Gasteiger charge is 2.09. The molecule has 0 aliphatic rings. The van der Waals surface area contributed by atoms with Gasteiger partial charge in [-0.15, -0.1) is 0 Å². The van der Waals surface area contributed by atoms with Crippen molar-refractivity contribution < 1.29 is 4.79 Å². The first-order valence-electron chi connectivity index (χ1n) is 7.55. The minimum absolute atomic E-state index is 0.635. The van der Waals surface area contributed by atoms with Crippen molar-refractivity contribution in [2.24, 2.45) is 0 Å². The first kappa shape index (κ1) is 14.7. The summed E-state index contributed by atoms with van der Waals surface area (Å²) in [6.07, 6.45) is 0.846. The second-order valence-corrected chi connectivity index (χ2v) is 5.95. The van der Waals surface area contributed by atoms with Gasteiger partial charge in [0.2, 0.25) is 0 Å². The second-order valence-electron chi connectivity index (χ2n) is 5.54. The van der Waals surface area contributed by atoms with Crippen LogP contribution in [-0.4, -0.2) is 16.3 Å². The summed E-state index contributed by atoms with van der Waals surface area (Å²) < 4.78 is 0. The molecule has 0 aliphatic heterocycles. The van der Waals surface area contributed by atoms with Crippen molar-refractivity contribution in [1.29, 1.82) is 0 Å². The van der Waals surface area contributed by atoms with Gasteiger partial charge >= 0.3 is 0 Å². The Morgan fingerprint density at radius 3 is 2.38 bits per heavy atom. The number of para-hydroxylation sites is 1. The molecule has 0 aliphatic carbocycles. The molecule has 24 heavy (non-hydrogen) atoms. The number of halogens is 1. The van der Waals surface area contributed by atoms with E-state index in [1.165, 1.54) is 0 Å². The maximum absolute atomic E-state index is 10.8. The Bertz CT molecular complexity index is 1040. The molecule has 4 rings (SSSR count). The van der Waals surface area contributed by atoms with Gasteiger partial charge in [0.05, 0.1) is 10.5 Å². The van der Waals surface area contributed by atoms with Crippen LogP contribution in [0.1, 0.15) is 10.4 Å². The Labute approximate surface area is 143 Å². The Hall–Kier alpha value is -2.91. The summed E-state index contributed by atoms with van der Waals surface area (Å²) in [4.78, 5) is 18.7. The average Bonchev–Trinajstić information content (AvgIpc) is 3.08. The van der Waals surface area contributed by atoms with Crippen molar-refractivity contribution in [3.63, 3.8) is 0 Å². The van der Waals surface area contributed by atoms with Crippen LogP contribution in [0, 0.1) is 0 Å². The molecule has 1 N–H and O–H groups in total. The van der Waals surface area contributed by atoms with Gasteiger partial charge in [-0.25, -0.2) is 4.98 Å². The highest BCUT2D eigenvalue weighted by Crippen LogP contribution is 2.28. The second kappa shape index (κ2) is 5.95. The van der Waals surface area contributed by atoms with Crippen molar-refractivity contribution in [2.75, 3.05) is 0 Å². The summed E-state index contributed by atoms with van der Waals surface area (Å²) in [7, 11) is 0. The third kappa shape index (κ3) is 2.59. The monoisotopic (exact) mass is 332 g/mol. The lowest BCUT2D eigenvalue weighted by Gasteiger charge is -2.04. The first-order valence-corrected chi connectivity index (χ1v) is 7.93. The summed E-state index contributed by atoms with van der Waals surface area (Å²) in [6.45, 7) is 0. The fourth-order valence-corrected chi connectivity index (χ4v) is 2.95. The Balaban J connectivity index is 1.78. The predicted molar refractivity (Wildman–Crippen MR) is 97.4 cm³/mol. The highest BCUT2D eigenvalue weighted by atomic mass is 35.5. The van der Waals surface area contributed by atoms with Crippen LogP contribution in [-0.2, 0) is 0 Å². The zero-order chi connectivity index (χ0) is 16.5. The summed E-state index contributed by atoms with van der Waals surface area (Å²) in [5.41, 5.74) is 5.46. The van der Waals surface area contributed by atoms with E-state index in [-0.39, 0.29) is 0 Å². The van der Waals surface area contributed by atoms with Crippen LogP contribution in [0.5, 0.6) is 0 Å². The van der Waals surface area contributed by atoms with Gasteiger partial charge in [-0.2, -0.15) is 0 Å². The lowest BCUT2D eigenvalue weighted by molar-refractivity contribution is 0.112. The van der Waals surface area contributed by atoms with Crippen molar-refractivity contribution in [3.8, 4) is 22.5 Å². The number of hydrogen-bond acceptors (Lipinski definition) is 2. The number of imidazole rings is 1. The molecule has 3 aromatic carbocycles. The fourth-order valence-electron chi connectivity index (χ4n) is 2.73. The molecule has 116 valence electrons. The van der Waals surface area contributed by atoms with E-state index in [9.17, 15) is 4.79 Å². The van der Waals surface area contributed by atoms with Gasteiger partial charge in [0, 0.05) is 11.1 Å². The Kier molecular flexibility index (Phi) is 3.63. The van der Waals surface area contributed by atoms with Crippen molar-refractivity contribution in [1.82, 2.24) is 9.97 Å². The quantitative estimate of drug-likeness (QED) is 0.513. The summed E-state index contributed by atoms with van der Waals surface area (Å²) >= 11 is 6.20. The number of nitrogens with zero attached hydrogens (tertiary/aromatic N) is 1. The molecule has 4 aromatic rings. The molecule has 0 amide bonds. The molecular weight excluding hydrogens is 320 g/mol. The molecule has 0 saturated carbocycles. The molecule has 4 heteroatoms. The lowest BCUT2D eigenvalue weighted by Crippen LogP contribution is -1.84. The van der Waals surface area contributed by atoms with Crippen molar-refractivity contribution in [3.05, 3.63) is 77.3 Å². The summed E-state index contributed by atoms with van der Waals surface area (Å²) in [5.74, 6) is 0.782. The summed E-state index contributed by atoms with van der Waals surface area (Å²) in [5, 5.41) is 0.635. The van der Waals surface area contributed by atoms with Gasteiger partial charge in [-0.1, -0.05) is 60.1 Å². The van der Waals surface area contributed by atoms with E-state index in [4.69, 9.17) is 11.6 Å². The van der Waals surface area contributed by atoms with Crippen LogP contribution >= 0.6 is 11.6 Å². The van der Waals surface area contributed by atoms with Gasteiger partial charge in [0.25, 0.3) is 0 Å². The number of aromatic amines is 1. The number of fused-ring (bicyclic) bond motifs is 1. The van der Waals surface area contributed by atoms with Crippen LogP contribution in [0.4, 0.5) is 0 Å². The highest BCUT2D eigenvalue weighted by molar-refractivity contribution is 6.35. The van der Waals surface area contributed by atoms with Crippen LogP contribution in [0.15, 0.2) is 66.7 Å². The summed E-state index contributed by atoms with van der Waals surface area (Å²) in [6, 6.07) is 21.3. The largest absolute Gasteiger partial charge is 0.338 e. The Morgan fingerprint density at radius 2 is 1.62 bits per heavy atom. The van der Waals surface area contributed by atoms with Crippen LogP contribution in [0.25, 0.3) is 33.5 Å². The van der Waals surface area contributed by atoms with Gasteiger partial charge in [0.1, 0.15) is 17.6 Å². The molecule has 0 spiro atoms. The van der Waals surface area contributed by atoms with E-state index in [2.05, 4.69) is 16.0 Å². The van der Waals surface area contributed by atoms with Crippen LogP contribution < -0.4 is 0 Å². The molecular formula is C20H13ClN2O. The number of aromatic nitrogens is 2. The molecule has 0 fully saturated rings. The van der Waals surface area contributed by atoms with E-state index in [0.29, 0.717) is 10.6 Å². The van der Waals surface area contributed by atoms with E-state index >= 15 is 0 Å². The number of hydrogen-bond donors (Lipinski definition) is 1. The zero-order valence-corrected chi connectivity index (χ0v) is 13.4. The van der Waals surface area contributed by atoms with Gasteiger partial charge in [-0.05, 0) is 29.3 Å². The van der Waals surface area contributed by atoms with E-state index in [1.54, 1.807) is 0 Å². The van der Waals surface area contributed by atoms with Gasteiger partial charge in [-0.3, -0.25) is 4.79 Å². The normalized spacial score (nSPS) is 10.9. The number of rotatable bonds is 3. The van der Waals surface area contributed by atoms with Crippen molar-refractivity contribution in [2.45, 2.75) is 0 Å². The minimum Gasteiger partial charge on any atom is -0.338 e. The number of benzene rings is 3. The van der Waals surface area contributed by atoms with E-state index in [1.807, 2.05) is 60.7 Å². The number of H-pyrrole nitrogens is 1. The van der Waals surface area contributed by atoms with Crippen LogP contribution in [0.3, 0.4) is 0 Å². The molecule has 0 bridgehead atoms. The molecule has 0 atom stereocenters. The topological polar surface area (TPSA) is 45.8 Å². The lowest BCUT2D eigenvalue weighted by atomic mass is 10.0. The number of carbonyl (C=O) groups excluding carboxylic acids is 1. The molecule has 0 radical (unpaired) electrons. The van der Waals surface area contributed by atoms with Crippen LogP contribution in [0.2, 0.25) is 5.02 Å². The SMILES string of the molecule is O=Cc1ccc(-c2cccc(-c3nc4c(Cl)cccc4[nH]3)c2)cc1. The molecule has 0 unspecified atom stereocenters. The van der Waals surface area contributed by atoms with E-state index in [0.717, 1.165) is 39.8 Å². The average molecular weight is 333 g/mol. The van der Waals surface area contributed by atoms with Crippen molar-refractivity contribution >= 4 is 28.9 Å². The fraction of sp³-hybridized carbons (Fsp3) is 0. The zero-order valence-electron chi connectivity index (χ0n) is 12.7. The smallest absolute Gasteiger partial charge is 0.150 e. The van der Waals surface area contributed by atoms with E-state index < -0.39 is 0 Å². The molecule has 3 nitrogen and oxygen atoms in total. The number of aldehydes is 1. The molecule has 1 aromatic heterocycles. The predicted octanol–water partition coefficient (Wildman–Crippen LogP) is 5.36.